The van der Waals surface area contributed by atoms with E-state index < -0.39 is 0 Å². The molecular formula is C22H22N2OS. The first-order chi connectivity index (χ1) is 12.5. The first kappa shape index (κ1) is 17.0. The highest BCUT2D eigenvalue weighted by atomic mass is 32.1. The topological polar surface area (TPSA) is 33.2 Å². The molecule has 0 fully saturated rings. The van der Waals surface area contributed by atoms with E-state index in [0.717, 1.165) is 34.1 Å². The molecule has 0 saturated heterocycles. The highest BCUT2D eigenvalue weighted by Gasteiger charge is 2.25. The molecule has 3 nitrogen and oxygen atoms in total. The summed E-state index contributed by atoms with van der Waals surface area (Å²) in [6, 6.07) is 14.6. The molecule has 4 rings (SSSR count). The number of aryl methyl sites for hydroxylation is 3. The molecule has 0 N–H and O–H groups in total. The maximum atomic E-state index is 13.1. The maximum absolute atomic E-state index is 13.1. The minimum atomic E-state index is 0.103. The van der Waals surface area contributed by atoms with Crippen molar-refractivity contribution in [2.45, 2.75) is 33.7 Å². The zero-order valence-electron chi connectivity index (χ0n) is 15.4. The molecule has 0 aliphatic carbocycles. The lowest BCUT2D eigenvalue weighted by Gasteiger charge is -2.29. The Morgan fingerprint density at radius 2 is 1.73 bits per heavy atom. The number of amides is 1. The Kier molecular flexibility index (Phi) is 4.37. The van der Waals surface area contributed by atoms with Crippen LogP contribution in [0.4, 0.5) is 0 Å². The summed E-state index contributed by atoms with van der Waals surface area (Å²) in [5.41, 5.74) is 7.16. The van der Waals surface area contributed by atoms with E-state index in [0.29, 0.717) is 6.54 Å². The van der Waals surface area contributed by atoms with Gasteiger partial charge in [-0.25, -0.2) is 4.98 Å². The van der Waals surface area contributed by atoms with Crippen molar-refractivity contribution in [3.8, 4) is 10.6 Å². The van der Waals surface area contributed by atoms with Gasteiger partial charge in [0.2, 0.25) is 0 Å². The van der Waals surface area contributed by atoms with Crippen molar-refractivity contribution in [3.05, 3.63) is 75.3 Å². The van der Waals surface area contributed by atoms with Gasteiger partial charge in [-0.15, -0.1) is 11.3 Å². The summed E-state index contributed by atoms with van der Waals surface area (Å²) < 4.78 is 0. The Bertz CT molecular complexity index is 975. The fourth-order valence-corrected chi connectivity index (χ4v) is 4.51. The van der Waals surface area contributed by atoms with Crippen LogP contribution in [0, 0.1) is 20.8 Å². The summed E-state index contributed by atoms with van der Waals surface area (Å²) >= 11 is 1.50. The third-order valence-electron chi connectivity index (χ3n) is 5.13. The summed E-state index contributed by atoms with van der Waals surface area (Å²) in [7, 11) is 0. The van der Waals surface area contributed by atoms with Crippen molar-refractivity contribution in [1.82, 2.24) is 9.88 Å². The fraction of sp³-hybridized carbons (Fsp3) is 0.273. The van der Waals surface area contributed by atoms with Gasteiger partial charge in [-0.2, -0.15) is 0 Å². The van der Waals surface area contributed by atoms with Crippen molar-refractivity contribution in [2.75, 3.05) is 6.54 Å². The molecule has 1 aromatic heterocycles. The first-order valence-electron chi connectivity index (χ1n) is 8.94. The number of carbonyl (C=O) groups is 1. The Labute approximate surface area is 158 Å². The van der Waals surface area contributed by atoms with E-state index >= 15 is 0 Å². The van der Waals surface area contributed by atoms with E-state index in [2.05, 4.69) is 31.0 Å². The Morgan fingerprint density at radius 3 is 2.46 bits per heavy atom. The number of nitrogens with zero attached hydrogens (tertiary/aromatic N) is 2. The fourth-order valence-electron chi connectivity index (χ4n) is 3.47. The molecule has 0 unspecified atom stereocenters. The molecule has 0 radical (unpaired) electrons. The largest absolute Gasteiger partial charge is 0.333 e. The van der Waals surface area contributed by atoms with Crippen LogP contribution in [0.15, 0.2) is 42.5 Å². The predicted molar refractivity (Wildman–Crippen MR) is 107 cm³/mol. The van der Waals surface area contributed by atoms with Crippen LogP contribution in [0.2, 0.25) is 0 Å². The minimum Gasteiger partial charge on any atom is -0.333 e. The average molecular weight is 362 g/mol. The summed E-state index contributed by atoms with van der Waals surface area (Å²) in [6.45, 7) is 7.68. The zero-order valence-corrected chi connectivity index (χ0v) is 16.2. The van der Waals surface area contributed by atoms with Gasteiger partial charge in [0.05, 0.1) is 5.69 Å². The number of hydrogen-bond donors (Lipinski definition) is 0. The van der Waals surface area contributed by atoms with Gasteiger partial charge in [0.25, 0.3) is 5.91 Å². The normalized spacial score (nSPS) is 13.6. The van der Waals surface area contributed by atoms with Crippen molar-refractivity contribution < 1.29 is 4.79 Å². The second-order valence-electron chi connectivity index (χ2n) is 6.98. The number of aromatic nitrogens is 1. The SMILES string of the molecule is Cc1cc2c(cc1C)CN(C(=O)c1sc(-c3ccccc3)nc1C)CC2. The second kappa shape index (κ2) is 6.69. The molecule has 0 saturated carbocycles. The Hall–Kier alpha value is -2.46. The number of rotatable bonds is 2. The highest BCUT2D eigenvalue weighted by molar-refractivity contribution is 7.17. The van der Waals surface area contributed by atoms with Gasteiger partial charge in [-0.1, -0.05) is 42.5 Å². The van der Waals surface area contributed by atoms with Crippen LogP contribution in [-0.2, 0) is 13.0 Å². The molecule has 2 heterocycles. The standard InChI is InChI=1S/C22H22N2OS/c1-14-11-18-9-10-24(13-19(18)12-15(14)2)22(25)20-16(3)23-21(26-20)17-7-5-4-6-8-17/h4-8,11-12H,9-10,13H2,1-3H3. The van der Waals surface area contributed by atoms with Crippen LogP contribution in [0.3, 0.4) is 0 Å². The van der Waals surface area contributed by atoms with Crippen molar-refractivity contribution in [2.24, 2.45) is 0 Å². The van der Waals surface area contributed by atoms with Gasteiger partial charge >= 0.3 is 0 Å². The van der Waals surface area contributed by atoms with Gasteiger partial charge in [0, 0.05) is 18.7 Å². The summed E-state index contributed by atoms with van der Waals surface area (Å²) in [5.74, 6) is 0.103. The lowest BCUT2D eigenvalue weighted by Crippen LogP contribution is -2.36. The smallest absolute Gasteiger partial charge is 0.266 e. The molecule has 0 spiro atoms. The monoisotopic (exact) mass is 362 g/mol. The van der Waals surface area contributed by atoms with E-state index in [1.165, 1.54) is 33.6 Å². The lowest BCUT2D eigenvalue weighted by molar-refractivity contribution is 0.0738. The van der Waals surface area contributed by atoms with Crippen LogP contribution in [0.1, 0.15) is 37.6 Å². The first-order valence-corrected chi connectivity index (χ1v) is 9.75. The average Bonchev–Trinajstić information content (AvgIpc) is 3.04. The van der Waals surface area contributed by atoms with E-state index in [4.69, 9.17) is 0 Å². The van der Waals surface area contributed by atoms with Crippen LogP contribution in [-0.4, -0.2) is 22.3 Å². The van der Waals surface area contributed by atoms with Gasteiger partial charge < -0.3 is 4.90 Å². The van der Waals surface area contributed by atoms with Crippen LogP contribution >= 0.6 is 11.3 Å². The van der Waals surface area contributed by atoms with Crippen molar-refractivity contribution in [3.63, 3.8) is 0 Å². The number of benzene rings is 2. The molecule has 1 amide bonds. The van der Waals surface area contributed by atoms with Gasteiger partial charge in [0.1, 0.15) is 9.88 Å². The summed E-state index contributed by atoms with van der Waals surface area (Å²) in [6.07, 6.45) is 0.922. The molecule has 3 aromatic rings. The lowest BCUT2D eigenvalue weighted by atomic mass is 9.94. The predicted octanol–water partition coefficient (Wildman–Crippen LogP) is 4.93. The Balaban J connectivity index is 1.61. The summed E-state index contributed by atoms with van der Waals surface area (Å²) in [4.78, 5) is 20.5. The molecule has 0 atom stereocenters. The third kappa shape index (κ3) is 3.06. The van der Waals surface area contributed by atoms with Crippen LogP contribution in [0.5, 0.6) is 0 Å². The maximum Gasteiger partial charge on any atom is 0.266 e. The molecule has 0 bridgehead atoms. The third-order valence-corrected chi connectivity index (χ3v) is 6.32. The van der Waals surface area contributed by atoms with E-state index in [1.807, 2.05) is 42.2 Å². The molecule has 1 aliphatic rings. The van der Waals surface area contributed by atoms with Crippen LogP contribution < -0.4 is 0 Å². The number of hydrogen-bond acceptors (Lipinski definition) is 3. The molecule has 26 heavy (non-hydrogen) atoms. The Morgan fingerprint density at radius 1 is 1.04 bits per heavy atom. The van der Waals surface area contributed by atoms with Crippen LogP contribution in [0.25, 0.3) is 10.6 Å². The molecule has 4 heteroatoms. The van der Waals surface area contributed by atoms with Crippen molar-refractivity contribution >= 4 is 17.2 Å². The quantitative estimate of drug-likeness (QED) is 0.647. The minimum absolute atomic E-state index is 0.103. The van der Waals surface area contributed by atoms with Gasteiger partial charge in [-0.05, 0) is 49.4 Å². The van der Waals surface area contributed by atoms with E-state index in [1.54, 1.807) is 0 Å². The van der Waals surface area contributed by atoms with Gasteiger partial charge in [-0.3, -0.25) is 4.79 Å². The zero-order chi connectivity index (χ0) is 18.3. The highest BCUT2D eigenvalue weighted by Crippen LogP contribution is 2.30. The number of carbonyl (C=O) groups excluding carboxylic acids is 1. The summed E-state index contributed by atoms with van der Waals surface area (Å²) in [5, 5.41) is 0.912. The number of fused-ring (bicyclic) bond motifs is 1. The molecule has 2 aromatic carbocycles. The molecule has 132 valence electrons. The van der Waals surface area contributed by atoms with Crippen molar-refractivity contribution in [1.29, 1.82) is 0 Å². The molecule has 1 aliphatic heterocycles. The second-order valence-corrected chi connectivity index (χ2v) is 7.98. The number of thiazole rings is 1. The van der Waals surface area contributed by atoms with E-state index in [-0.39, 0.29) is 5.91 Å². The van der Waals surface area contributed by atoms with E-state index in [9.17, 15) is 4.79 Å². The molecular weight excluding hydrogens is 340 g/mol. The van der Waals surface area contributed by atoms with Gasteiger partial charge in [0.15, 0.2) is 0 Å².